The summed E-state index contributed by atoms with van der Waals surface area (Å²) in [6, 6.07) is 12.4. The summed E-state index contributed by atoms with van der Waals surface area (Å²) in [6.07, 6.45) is 0.713. The van der Waals surface area contributed by atoms with Gasteiger partial charge in [-0.15, -0.1) is 11.3 Å². The number of morpholine rings is 1. The zero-order valence-corrected chi connectivity index (χ0v) is 19.7. The predicted molar refractivity (Wildman–Crippen MR) is 127 cm³/mol. The molecule has 4 heterocycles. The number of ether oxygens (including phenoxy) is 1. The van der Waals surface area contributed by atoms with E-state index in [0.29, 0.717) is 38.5 Å². The van der Waals surface area contributed by atoms with Gasteiger partial charge in [-0.25, -0.2) is 8.42 Å². The van der Waals surface area contributed by atoms with Crippen molar-refractivity contribution in [2.75, 3.05) is 68.9 Å². The number of sulfone groups is 1. The Morgan fingerprint density at radius 1 is 1.00 bits per heavy atom. The van der Waals surface area contributed by atoms with Crippen LogP contribution in [-0.4, -0.2) is 94.2 Å². The molecule has 0 spiro atoms. The van der Waals surface area contributed by atoms with Gasteiger partial charge in [-0.2, -0.15) is 0 Å². The number of thiophene rings is 1. The number of anilines is 1. The molecule has 0 N–H and O–H groups in total. The molecule has 2 aromatic rings. The Hall–Kier alpha value is -1.94. The smallest absolute Gasteiger partial charge is 0.264 e. The third kappa shape index (κ3) is 4.57. The molecule has 1 amide bonds. The first-order chi connectivity index (χ1) is 15.5. The largest absolute Gasteiger partial charge is 0.378 e. The quantitative estimate of drug-likeness (QED) is 0.675. The van der Waals surface area contributed by atoms with Crippen LogP contribution in [-0.2, 0) is 14.6 Å². The minimum atomic E-state index is -2.89. The van der Waals surface area contributed by atoms with Gasteiger partial charge >= 0.3 is 0 Å². The Bertz CT molecular complexity index is 1060. The standard InChI is InChI=1S/C23H29N3O4S2/c27-22(25-9-7-24(8-10-25)19-6-15-32(28,29)17-19)21-16-20(18-4-2-1-3-5-18)23(31-21)26-11-13-30-14-12-26/h1-5,16,19H,6-15,17H2. The number of rotatable bonds is 4. The SMILES string of the molecule is O=C(c1cc(-c2ccccc2)c(N2CCOCC2)s1)N1CCN(C2CCS(=O)(=O)C2)CC1. The molecule has 32 heavy (non-hydrogen) atoms. The molecule has 1 atom stereocenters. The number of hydrogen-bond donors (Lipinski definition) is 0. The van der Waals surface area contributed by atoms with Crippen LogP contribution in [0, 0.1) is 0 Å². The van der Waals surface area contributed by atoms with Crippen LogP contribution in [0.25, 0.3) is 11.1 Å². The highest BCUT2D eigenvalue weighted by Gasteiger charge is 2.35. The van der Waals surface area contributed by atoms with Crippen LogP contribution in [0.1, 0.15) is 16.1 Å². The van der Waals surface area contributed by atoms with Crippen LogP contribution < -0.4 is 4.90 Å². The molecular formula is C23H29N3O4S2. The van der Waals surface area contributed by atoms with Crippen molar-refractivity contribution in [1.29, 1.82) is 0 Å². The van der Waals surface area contributed by atoms with Crippen LogP contribution in [0.3, 0.4) is 0 Å². The first-order valence-corrected chi connectivity index (χ1v) is 13.9. The van der Waals surface area contributed by atoms with E-state index in [2.05, 4.69) is 21.9 Å². The number of carbonyl (C=O) groups excluding carboxylic acids is 1. The number of hydrogen-bond acceptors (Lipinski definition) is 7. The molecule has 7 nitrogen and oxygen atoms in total. The second-order valence-corrected chi connectivity index (χ2v) is 11.9. The van der Waals surface area contributed by atoms with Crippen molar-refractivity contribution in [3.05, 3.63) is 41.3 Å². The second kappa shape index (κ2) is 9.13. The van der Waals surface area contributed by atoms with Gasteiger partial charge in [0.25, 0.3) is 5.91 Å². The molecule has 3 aliphatic rings. The molecule has 0 bridgehead atoms. The third-order valence-corrected chi connectivity index (χ3v) is 9.57. The lowest BCUT2D eigenvalue weighted by Crippen LogP contribution is -2.52. The van der Waals surface area contributed by atoms with Crippen molar-refractivity contribution in [3.63, 3.8) is 0 Å². The van der Waals surface area contributed by atoms with Crippen molar-refractivity contribution in [3.8, 4) is 11.1 Å². The Morgan fingerprint density at radius 3 is 2.38 bits per heavy atom. The molecule has 0 saturated carbocycles. The van der Waals surface area contributed by atoms with Gasteiger partial charge in [-0.1, -0.05) is 30.3 Å². The van der Waals surface area contributed by atoms with Gasteiger partial charge in [0.1, 0.15) is 0 Å². The lowest BCUT2D eigenvalue weighted by atomic mass is 10.1. The van der Waals surface area contributed by atoms with Gasteiger partial charge in [0, 0.05) is 50.9 Å². The second-order valence-electron chi connectivity index (χ2n) is 8.68. The minimum Gasteiger partial charge on any atom is -0.378 e. The van der Waals surface area contributed by atoms with Gasteiger partial charge in [-0.05, 0) is 18.1 Å². The molecule has 172 valence electrons. The number of amides is 1. The van der Waals surface area contributed by atoms with Crippen molar-refractivity contribution in [2.45, 2.75) is 12.5 Å². The van der Waals surface area contributed by atoms with E-state index in [9.17, 15) is 13.2 Å². The molecular weight excluding hydrogens is 446 g/mol. The number of benzene rings is 1. The van der Waals surface area contributed by atoms with E-state index in [1.54, 1.807) is 11.3 Å². The van der Waals surface area contributed by atoms with E-state index in [4.69, 9.17) is 4.74 Å². The minimum absolute atomic E-state index is 0.0744. The van der Waals surface area contributed by atoms with E-state index < -0.39 is 9.84 Å². The zero-order chi connectivity index (χ0) is 22.1. The van der Waals surface area contributed by atoms with Crippen LogP contribution >= 0.6 is 11.3 Å². The summed E-state index contributed by atoms with van der Waals surface area (Å²) >= 11 is 1.57. The van der Waals surface area contributed by atoms with Gasteiger partial charge in [0.2, 0.25) is 0 Å². The van der Waals surface area contributed by atoms with Crippen LogP contribution in [0.4, 0.5) is 5.00 Å². The summed E-state index contributed by atoms with van der Waals surface area (Å²) in [6.45, 7) is 5.82. The van der Waals surface area contributed by atoms with Crippen LogP contribution in [0.15, 0.2) is 36.4 Å². The summed E-state index contributed by atoms with van der Waals surface area (Å²) < 4.78 is 29.2. The molecule has 0 aliphatic carbocycles. The summed E-state index contributed by atoms with van der Waals surface area (Å²) in [5.41, 5.74) is 2.23. The van der Waals surface area contributed by atoms with Gasteiger partial charge in [0.05, 0.1) is 34.6 Å². The van der Waals surface area contributed by atoms with Crippen molar-refractivity contribution in [1.82, 2.24) is 9.80 Å². The Labute approximate surface area is 193 Å². The highest BCUT2D eigenvalue weighted by molar-refractivity contribution is 7.91. The maximum atomic E-state index is 13.4. The van der Waals surface area contributed by atoms with Gasteiger partial charge in [-0.3, -0.25) is 9.69 Å². The summed E-state index contributed by atoms with van der Waals surface area (Å²) in [7, 11) is -2.89. The normalized spacial score (nSPS) is 24.1. The third-order valence-electron chi connectivity index (χ3n) is 6.63. The highest BCUT2D eigenvalue weighted by Crippen LogP contribution is 2.40. The first kappa shape index (κ1) is 21.9. The highest BCUT2D eigenvalue weighted by atomic mass is 32.2. The Morgan fingerprint density at radius 2 is 1.72 bits per heavy atom. The Kier molecular flexibility index (Phi) is 6.24. The number of piperazine rings is 1. The van der Waals surface area contributed by atoms with Gasteiger partial charge in [0.15, 0.2) is 9.84 Å². The average molecular weight is 476 g/mol. The fraction of sp³-hybridized carbons (Fsp3) is 0.522. The fourth-order valence-electron chi connectivity index (χ4n) is 4.82. The maximum absolute atomic E-state index is 13.4. The molecule has 9 heteroatoms. The maximum Gasteiger partial charge on any atom is 0.264 e. The Balaban J connectivity index is 1.32. The van der Waals surface area contributed by atoms with Crippen molar-refractivity contribution in [2.24, 2.45) is 0 Å². The summed E-state index contributed by atoms with van der Waals surface area (Å²) in [5, 5.41) is 1.14. The van der Waals surface area contributed by atoms with Crippen LogP contribution in [0.2, 0.25) is 0 Å². The first-order valence-electron chi connectivity index (χ1n) is 11.3. The lowest BCUT2D eigenvalue weighted by Gasteiger charge is -2.37. The topological polar surface area (TPSA) is 70.2 Å². The molecule has 3 saturated heterocycles. The van der Waals surface area contributed by atoms with E-state index in [1.165, 1.54) is 0 Å². The van der Waals surface area contributed by atoms with Crippen molar-refractivity contribution < 1.29 is 17.9 Å². The van der Waals surface area contributed by atoms with Crippen molar-refractivity contribution >= 4 is 32.1 Å². The molecule has 1 aromatic carbocycles. The molecule has 3 aliphatic heterocycles. The van der Waals surface area contributed by atoms with E-state index >= 15 is 0 Å². The zero-order valence-electron chi connectivity index (χ0n) is 18.1. The number of nitrogens with zero attached hydrogens (tertiary/aromatic N) is 3. The monoisotopic (exact) mass is 475 g/mol. The average Bonchev–Trinajstić information content (AvgIpc) is 3.43. The lowest BCUT2D eigenvalue weighted by molar-refractivity contribution is 0.0592. The summed E-state index contributed by atoms with van der Waals surface area (Å²) in [5.74, 6) is 0.624. The summed E-state index contributed by atoms with van der Waals surface area (Å²) in [4.78, 5) is 20.6. The van der Waals surface area contributed by atoms with E-state index in [-0.39, 0.29) is 17.7 Å². The number of carbonyl (C=O) groups is 1. The molecule has 5 rings (SSSR count). The fourth-order valence-corrected chi connectivity index (χ4v) is 7.78. The predicted octanol–water partition coefficient (Wildman–Crippen LogP) is 2.20. The molecule has 1 aromatic heterocycles. The van der Waals surface area contributed by atoms with E-state index in [1.807, 2.05) is 29.2 Å². The molecule has 1 unspecified atom stereocenters. The van der Waals surface area contributed by atoms with Crippen LogP contribution in [0.5, 0.6) is 0 Å². The molecule has 0 radical (unpaired) electrons. The van der Waals surface area contributed by atoms with E-state index in [0.717, 1.165) is 47.2 Å². The van der Waals surface area contributed by atoms with Gasteiger partial charge < -0.3 is 14.5 Å². The molecule has 3 fully saturated rings.